The van der Waals surface area contributed by atoms with E-state index in [4.69, 9.17) is 0 Å². The van der Waals surface area contributed by atoms with Gasteiger partial charge in [0.15, 0.2) is 0 Å². The first-order chi connectivity index (χ1) is 12.5. The van der Waals surface area contributed by atoms with Crippen LogP contribution in [0.2, 0.25) is 0 Å². The summed E-state index contributed by atoms with van der Waals surface area (Å²) in [4.78, 5) is 18.2. The molecule has 0 bridgehead atoms. The molecule has 0 radical (unpaired) electrons. The Bertz CT molecular complexity index is 781. The highest BCUT2D eigenvalue weighted by Gasteiger charge is 2.21. The Labute approximate surface area is 155 Å². The highest BCUT2D eigenvalue weighted by Crippen LogP contribution is 2.26. The Morgan fingerprint density at radius 1 is 1.31 bits per heavy atom. The molecule has 1 aromatic carbocycles. The second-order valence-corrected chi connectivity index (χ2v) is 7.63. The third-order valence-electron chi connectivity index (χ3n) is 5.59. The average Bonchev–Trinajstić information content (AvgIpc) is 2.92. The van der Waals surface area contributed by atoms with Gasteiger partial charge in [0.05, 0.1) is 13.0 Å². The maximum absolute atomic E-state index is 12.5. The molecule has 142 valence electrons. The molecule has 1 atom stereocenters. The predicted octanol–water partition coefficient (Wildman–Crippen LogP) is 2.60. The van der Waals surface area contributed by atoms with Crippen molar-refractivity contribution in [3.05, 3.63) is 34.5 Å². The van der Waals surface area contributed by atoms with Crippen LogP contribution in [-0.2, 0) is 11.2 Å². The van der Waals surface area contributed by atoms with Gasteiger partial charge in [-0.25, -0.2) is 0 Å². The Hall–Kier alpha value is -1.85. The minimum absolute atomic E-state index is 0.0608. The van der Waals surface area contributed by atoms with E-state index in [1.165, 1.54) is 24.0 Å². The number of carbonyl (C=O) groups excluding carboxylic acids is 1. The number of amides is 1. The number of H-pyrrole nitrogens is 1. The van der Waals surface area contributed by atoms with Crippen LogP contribution in [0, 0.1) is 20.8 Å². The fourth-order valence-corrected chi connectivity index (χ4v) is 4.19. The van der Waals surface area contributed by atoms with Gasteiger partial charge in [-0.15, -0.1) is 0 Å². The number of benzene rings is 1. The lowest BCUT2D eigenvalue weighted by Crippen LogP contribution is -2.45. The van der Waals surface area contributed by atoms with Crippen LogP contribution in [0.1, 0.15) is 41.6 Å². The van der Waals surface area contributed by atoms with E-state index in [2.05, 4.69) is 41.2 Å². The SMILES string of the molecule is Cc1cc(C)c2[nH]c(C)c(CC(=O)NCCN3CCCC[C@@H]3CO)c2c1. The van der Waals surface area contributed by atoms with Crippen molar-refractivity contribution in [2.75, 3.05) is 26.2 Å². The first-order valence-electron chi connectivity index (χ1n) is 9.69. The van der Waals surface area contributed by atoms with Crippen molar-refractivity contribution in [2.24, 2.45) is 0 Å². The molecule has 1 aliphatic rings. The van der Waals surface area contributed by atoms with E-state index >= 15 is 0 Å². The Balaban J connectivity index is 1.60. The van der Waals surface area contributed by atoms with Gasteiger partial charge in [0.25, 0.3) is 0 Å². The van der Waals surface area contributed by atoms with Crippen LogP contribution in [0.25, 0.3) is 10.9 Å². The lowest BCUT2D eigenvalue weighted by atomic mass is 10.0. The van der Waals surface area contributed by atoms with Gasteiger partial charge < -0.3 is 15.4 Å². The highest BCUT2D eigenvalue weighted by molar-refractivity contribution is 5.92. The molecule has 3 N–H and O–H groups in total. The predicted molar refractivity (Wildman–Crippen MR) is 106 cm³/mol. The lowest BCUT2D eigenvalue weighted by Gasteiger charge is -2.34. The fraction of sp³-hybridized carbons (Fsp3) is 0.571. The number of hydrogen-bond acceptors (Lipinski definition) is 3. The van der Waals surface area contributed by atoms with Crippen molar-refractivity contribution < 1.29 is 9.90 Å². The number of aromatic amines is 1. The van der Waals surface area contributed by atoms with Crippen molar-refractivity contribution in [1.82, 2.24) is 15.2 Å². The minimum atomic E-state index is 0.0608. The van der Waals surface area contributed by atoms with Crippen molar-refractivity contribution in [1.29, 1.82) is 0 Å². The van der Waals surface area contributed by atoms with E-state index in [1.54, 1.807) is 0 Å². The Kier molecular flexibility index (Phi) is 5.99. The summed E-state index contributed by atoms with van der Waals surface area (Å²) >= 11 is 0. The molecule has 5 nitrogen and oxygen atoms in total. The molecule has 3 rings (SSSR count). The first kappa shape index (κ1) is 18.9. The van der Waals surface area contributed by atoms with Gasteiger partial charge in [-0.2, -0.15) is 0 Å². The summed E-state index contributed by atoms with van der Waals surface area (Å²) in [5, 5.41) is 13.7. The summed E-state index contributed by atoms with van der Waals surface area (Å²) in [5.41, 5.74) is 5.73. The molecule has 0 spiro atoms. The molecule has 2 heterocycles. The minimum Gasteiger partial charge on any atom is -0.395 e. The van der Waals surface area contributed by atoms with Gasteiger partial charge in [-0.05, 0) is 57.4 Å². The van der Waals surface area contributed by atoms with Crippen LogP contribution < -0.4 is 5.32 Å². The summed E-state index contributed by atoms with van der Waals surface area (Å²) in [6, 6.07) is 4.58. The molecule has 5 heteroatoms. The van der Waals surface area contributed by atoms with E-state index in [1.807, 2.05) is 6.92 Å². The van der Waals surface area contributed by atoms with Crippen molar-refractivity contribution in [3.63, 3.8) is 0 Å². The van der Waals surface area contributed by atoms with Crippen LogP contribution in [0.3, 0.4) is 0 Å². The van der Waals surface area contributed by atoms with Gasteiger partial charge in [-0.1, -0.05) is 18.1 Å². The first-order valence-corrected chi connectivity index (χ1v) is 9.69. The van der Waals surface area contributed by atoms with Crippen LogP contribution in [-0.4, -0.2) is 53.2 Å². The molecule has 1 aliphatic heterocycles. The third-order valence-corrected chi connectivity index (χ3v) is 5.59. The standard InChI is InChI=1S/C21H31N3O2/c1-14-10-15(2)21-19(11-14)18(16(3)23-21)12-20(26)22-7-9-24-8-5-4-6-17(24)13-25/h10-11,17,23,25H,4-9,12-13H2,1-3H3,(H,22,26)/t17-/m1/s1. The second-order valence-electron chi connectivity index (χ2n) is 7.63. The van der Waals surface area contributed by atoms with Crippen LogP contribution in [0.15, 0.2) is 12.1 Å². The number of aliphatic hydroxyl groups excluding tert-OH is 1. The number of aliphatic hydroxyl groups is 1. The number of nitrogens with zero attached hydrogens (tertiary/aromatic N) is 1. The second kappa shape index (κ2) is 8.23. The molecular weight excluding hydrogens is 326 g/mol. The topological polar surface area (TPSA) is 68.4 Å². The zero-order chi connectivity index (χ0) is 18.7. The summed E-state index contributed by atoms with van der Waals surface area (Å²) in [7, 11) is 0. The summed E-state index contributed by atoms with van der Waals surface area (Å²) < 4.78 is 0. The third kappa shape index (κ3) is 4.10. The number of likely N-dealkylation sites (tertiary alicyclic amines) is 1. The number of carbonyl (C=O) groups is 1. The summed E-state index contributed by atoms with van der Waals surface area (Å²) in [6.45, 7) is 8.90. The molecule has 1 aromatic heterocycles. The number of hydrogen-bond donors (Lipinski definition) is 3. The van der Waals surface area contributed by atoms with E-state index in [-0.39, 0.29) is 18.6 Å². The van der Waals surface area contributed by atoms with Crippen molar-refractivity contribution >= 4 is 16.8 Å². The van der Waals surface area contributed by atoms with Gasteiger partial charge in [0.1, 0.15) is 0 Å². The molecule has 0 saturated carbocycles. The molecule has 0 unspecified atom stereocenters. The van der Waals surface area contributed by atoms with Gasteiger partial charge in [0.2, 0.25) is 5.91 Å². The molecule has 2 aromatic rings. The van der Waals surface area contributed by atoms with Gasteiger partial charge >= 0.3 is 0 Å². The summed E-state index contributed by atoms with van der Waals surface area (Å²) in [5.74, 6) is 0.0608. The zero-order valence-electron chi connectivity index (χ0n) is 16.2. The molecule has 1 fully saturated rings. The molecule has 0 aliphatic carbocycles. The van der Waals surface area contributed by atoms with E-state index in [0.29, 0.717) is 13.0 Å². The maximum atomic E-state index is 12.5. The van der Waals surface area contributed by atoms with Crippen molar-refractivity contribution in [3.8, 4) is 0 Å². The number of fused-ring (bicyclic) bond motifs is 1. The van der Waals surface area contributed by atoms with Gasteiger partial charge in [0, 0.05) is 35.7 Å². The smallest absolute Gasteiger partial charge is 0.224 e. The van der Waals surface area contributed by atoms with E-state index in [9.17, 15) is 9.90 Å². The normalized spacial score (nSPS) is 18.4. The number of nitrogens with one attached hydrogen (secondary N) is 2. The van der Waals surface area contributed by atoms with Crippen LogP contribution >= 0.6 is 0 Å². The average molecular weight is 357 g/mol. The number of piperidine rings is 1. The lowest BCUT2D eigenvalue weighted by molar-refractivity contribution is -0.120. The number of rotatable bonds is 6. The highest BCUT2D eigenvalue weighted by atomic mass is 16.3. The summed E-state index contributed by atoms with van der Waals surface area (Å²) in [6.07, 6.45) is 3.82. The van der Waals surface area contributed by atoms with Crippen LogP contribution in [0.4, 0.5) is 0 Å². The van der Waals surface area contributed by atoms with Gasteiger partial charge in [-0.3, -0.25) is 9.69 Å². The quantitative estimate of drug-likeness (QED) is 0.744. The fourth-order valence-electron chi connectivity index (χ4n) is 4.19. The van der Waals surface area contributed by atoms with Crippen molar-refractivity contribution in [2.45, 2.75) is 52.5 Å². The molecule has 1 saturated heterocycles. The maximum Gasteiger partial charge on any atom is 0.224 e. The van der Waals surface area contributed by atoms with E-state index < -0.39 is 0 Å². The molecule has 26 heavy (non-hydrogen) atoms. The largest absolute Gasteiger partial charge is 0.395 e. The molecule has 1 amide bonds. The monoisotopic (exact) mass is 357 g/mol. The Morgan fingerprint density at radius 3 is 2.88 bits per heavy atom. The van der Waals surface area contributed by atoms with Crippen LogP contribution in [0.5, 0.6) is 0 Å². The molecular formula is C21H31N3O2. The zero-order valence-corrected chi connectivity index (χ0v) is 16.2. The Morgan fingerprint density at radius 2 is 2.12 bits per heavy atom. The van der Waals surface area contributed by atoms with E-state index in [0.717, 1.165) is 41.7 Å². The number of aromatic nitrogens is 1. The number of aryl methyl sites for hydroxylation is 3.